The molecule has 1 heterocycles. The van der Waals surface area contributed by atoms with E-state index in [0.717, 1.165) is 25.7 Å². The highest BCUT2D eigenvalue weighted by Gasteiger charge is 2.56. The van der Waals surface area contributed by atoms with Crippen LogP contribution in [0.5, 0.6) is 0 Å². The molecule has 120 valence electrons. The van der Waals surface area contributed by atoms with Gasteiger partial charge in [-0.05, 0) is 47.5 Å². The first-order valence-electron chi connectivity index (χ1n) is 7.87. The Hall–Kier alpha value is -1.10. The number of ether oxygens (including phenoxy) is 1. The first-order valence-corrected chi connectivity index (χ1v) is 7.87. The molecule has 0 radical (unpaired) electrons. The molecule has 1 N–H and O–H groups in total. The van der Waals surface area contributed by atoms with E-state index in [9.17, 15) is 9.59 Å². The van der Waals surface area contributed by atoms with Gasteiger partial charge in [0.2, 0.25) is 11.8 Å². The Kier molecular flexibility index (Phi) is 4.08. The van der Waals surface area contributed by atoms with Gasteiger partial charge in [-0.25, -0.2) is 0 Å². The molecule has 5 heteroatoms. The molecule has 1 saturated heterocycles. The lowest BCUT2D eigenvalue weighted by molar-refractivity contribution is -0.163. The molecule has 0 atom stereocenters. The van der Waals surface area contributed by atoms with Crippen LogP contribution in [0.3, 0.4) is 0 Å². The summed E-state index contributed by atoms with van der Waals surface area (Å²) < 4.78 is 5.76. The molecule has 1 aliphatic carbocycles. The first-order chi connectivity index (χ1) is 9.58. The van der Waals surface area contributed by atoms with Crippen LogP contribution in [0.25, 0.3) is 0 Å². The average molecular weight is 296 g/mol. The molecule has 1 aliphatic heterocycles. The summed E-state index contributed by atoms with van der Waals surface area (Å²) in [7, 11) is 0. The molecule has 5 nitrogen and oxygen atoms in total. The van der Waals surface area contributed by atoms with Crippen molar-refractivity contribution in [1.82, 2.24) is 10.2 Å². The van der Waals surface area contributed by atoms with E-state index in [4.69, 9.17) is 4.74 Å². The van der Waals surface area contributed by atoms with E-state index in [0.29, 0.717) is 13.2 Å². The molecule has 0 aromatic carbocycles. The number of hydrogen-bond donors (Lipinski definition) is 1. The average Bonchev–Trinajstić information content (AvgIpc) is 2.80. The molecule has 2 amide bonds. The second kappa shape index (κ2) is 5.27. The van der Waals surface area contributed by atoms with Crippen LogP contribution in [0.4, 0.5) is 0 Å². The van der Waals surface area contributed by atoms with Crippen LogP contribution in [0.2, 0.25) is 0 Å². The van der Waals surface area contributed by atoms with E-state index in [1.807, 2.05) is 20.8 Å². The van der Waals surface area contributed by atoms with Gasteiger partial charge in [0.05, 0.1) is 12.2 Å². The van der Waals surface area contributed by atoms with E-state index in [2.05, 4.69) is 5.32 Å². The van der Waals surface area contributed by atoms with Crippen molar-refractivity contribution < 1.29 is 14.3 Å². The molecule has 0 aromatic rings. The Balaban J connectivity index is 2.18. The van der Waals surface area contributed by atoms with Crippen LogP contribution >= 0.6 is 0 Å². The Bertz CT molecular complexity index is 431. The Morgan fingerprint density at radius 2 is 1.76 bits per heavy atom. The summed E-state index contributed by atoms with van der Waals surface area (Å²) in [6.45, 7) is 10.5. The van der Waals surface area contributed by atoms with Gasteiger partial charge in [0.25, 0.3) is 0 Å². The zero-order valence-electron chi connectivity index (χ0n) is 13.9. The highest BCUT2D eigenvalue weighted by molar-refractivity contribution is 6.02. The lowest BCUT2D eigenvalue weighted by Crippen LogP contribution is -2.73. The van der Waals surface area contributed by atoms with Crippen LogP contribution in [-0.4, -0.2) is 46.5 Å². The minimum Gasteiger partial charge on any atom is -0.374 e. The molecule has 0 aromatic heterocycles. The molecule has 0 bridgehead atoms. The van der Waals surface area contributed by atoms with Gasteiger partial charge in [-0.1, -0.05) is 12.8 Å². The van der Waals surface area contributed by atoms with Gasteiger partial charge in [0.15, 0.2) is 0 Å². The van der Waals surface area contributed by atoms with Crippen molar-refractivity contribution in [1.29, 1.82) is 0 Å². The smallest absolute Gasteiger partial charge is 0.248 e. The second-order valence-electron chi connectivity index (χ2n) is 7.74. The van der Waals surface area contributed by atoms with E-state index in [1.54, 1.807) is 18.7 Å². The van der Waals surface area contributed by atoms with Crippen LogP contribution in [0.15, 0.2) is 0 Å². The lowest BCUT2D eigenvalue weighted by atomic mass is 9.85. The fourth-order valence-corrected chi connectivity index (χ4v) is 3.32. The third-order valence-electron chi connectivity index (χ3n) is 4.43. The van der Waals surface area contributed by atoms with Crippen molar-refractivity contribution >= 4 is 11.8 Å². The molecule has 2 rings (SSSR count). The minimum atomic E-state index is -0.827. The zero-order chi connectivity index (χ0) is 15.9. The van der Waals surface area contributed by atoms with Crippen LogP contribution in [0, 0.1) is 0 Å². The summed E-state index contributed by atoms with van der Waals surface area (Å²) in [5, 5.41) is 2.90. The highest BCUT2D eigenvalue weighted by atomic mass is 16.5. The number of hydrogen-bond acceptors (Lipinski definition) is 3. The van der Waals surface area contributed by atoms with Crippen molar-refractivity contribution in [2.75, 3.05) is 13.2 Å². The molecule has 1 saturated carbocycles. The Morgan fingerprint density at radius 3 is 2.29 bits per heavy atom. The number of carbonyl (C=O) groups excluding carboxylic acids is 2. The fraction of sp³-hybridized carbons (Fsp3) is 0.875. The molecular weight excluding hydrogens is 268 g/mol. The van der Waals surface area contributed by atoms with Gasteiger partial charge in [-0.15, -0.1) is 0 Å². The van der Waals surface area contributed by atoms with E-state index in [1.165, 1.54) is 0 Å². The van der Waals surface area contributed by atoms with Crippen molar-refractivity contribution in [3.05, 3.63) is 0 Å². The topological polar surface area (TPSA) is 58.6 Å². The normalized spacial score (nSPS) is 24.5. The second-order valence-corrected chi connectivity index (χ2v) is 7.74. The number of carbonyl (C=O) groups is 2. The number of piperazine rings is 1. The van der Waals surface area contributed by atoms with Gasteiger partial charge in [0, 0.05) is 6.54 Å². The fourth-order valence-electron chi connectivity index (χ4n) is 3.32. The first kappa shape index (κ1) is 16.3. The zero-order valence-corrected chi connectivity index (χ0v) is 13.9. The maximum atomic E-state index is 12.8. The largest absolute Gasteiger partial charge is 0.374 e. The monoisotopic (exact) mass is 296 g/mol. The summed E-state index contributed by atoms with van der Waals surface area (Å²) in [6, 6.07) is 0. The summed E-state index contributed by atoms with van der Waals surface area (Å²) in [6.07, 6.45) is 3.52. The van der Waals surface area contributed by atoms with Crippen molar-refractivity contribution in [3.63, 3.8) is 0 Å². The Labute approximate surface area is 127 Å². The summed E-state index contributed by atoms with van der Waals surface area (Å²) in [5.74, 6) is 0.00173. The van der Waals surface area contributed by atoms with Gasteiger partial charge in [0.1, 0.15) is 11.1 Å². The molecule has 1 spiro atoms. The standard InChI is InChI=1S/C16H28N2O3/c1-14(2,3)21-11-10-18-13(20)15(4,5)17-12(19)16(18)8-6-7-9-16/h6-11H2,1-5H3,(H,17,19). The van der Waals surface area contributed by atoms with Crippen molar-refractivity contribution in [2.24, 2.45) is 0 Å². The SMILES string of the molecule is CC(C)(C)OCCN1C(=O)C(C)(C)NC(=O)C12CCCC2. The Morgan fingerprint density at radius 1 is 1.19 bits per heavy atom. The van der Waals surface area contributed by atoms with E-state index in [-0.39, 0.29) is 17.4 Å². The maximum Gasteiger partial charge on any atom is 0.248 e. The van der Waals surface area contributed by atoms with Gasteiger partial charge < -0.3 is 15.0 Å². The number of nitrogens with zero attached hydrogens (tertiary/aromatic N) is 1. The quantitative estimate of drug-likeness (QED) is 0.864. The predicted octanol–water partition coefficient (Wildman–Crippen LogP) is 1.85. The third-order valence-corrected chi connectivity index (χ3v) is 4.43. The summed E-state index contributed by atoms with van der Waals surface area (Å²) >= 11 is 0. The summed E-state index contributed by atoms with van der Waals surface area (Å²) in [4.78, 5) is 27.2. The van der Waals surface area contributed by atoms with Crippen molar-refractivity contribution in [2.45, 2.75) is 77.0 Å². The van der Waals surface area contributed by atoms with Gasteiger partial charge in [-0.2, -0.15) is 0 Å². The van der Waals surface area contributed by atoms with E-state index >= 15 is 0 Å². The van der Waals surface area contributed by atoms with Crippen LogP contribution < -0.4 is 5.32 Å². The summed E-state index contributed by atoms with van der Waals surface area (Å²) in [5.41, 5.74) is -1.71. The number of rotatable bonds is 3. The maximum absolute atomic E-state index is 12.8. The van der Waals surface area contributed by atoms with Gasteiger partial charge in [-0.3, -0.25) is 9.59 Å². The minimum absolute atomic E-state index is 0.000332. The highest BCUT2D eigenvalue weighted by Crippen LogP contribution is 2.39. The van der Waals surface area contributed by atoms with Crippen molar-refractivity contribution in [3.8, 4) is 0 Å². The number of nitrogens with one attached hydrogen (secondary N) is 1. The molecule has 2 fully saturated rings. The van der Waals surface area contributed by atoms with Crippen LogP contribution in [-0.2, 0) is 14.3 Å². The predicted molar refractivity (Wildman–Crippen MR) is 80.8 cm³/mol. The molecule has 21 heavy (non-hydrogen) atoms. The molecule has 2 aliphatic rings. The van der Waals surface area contributed by atoms with Gasteiger partial charge >= 0.3 is 0 Å². The molecule has 0 unspecified atom stereocenters. The van der Waals surface area contributed by atoms with E-state index < -0.39 is 11.1 Å². The third kappa shape index (κ3) is 3.07. The number of amides is 2. The lowest BCUT2D eigenvalue weighted by Gasteiger charge is -2.49. The molecular formula is C16H28N2O3. The van der Waals surface area contributed by atoms with Crippen LogP contribution in [0.1, 0.15) is 60.3 Å².